The highest BCUT2D eigenvalue weighted by atomic mass is 35.5. The van der Waals surface area contributed by atoms with E-state index in [1.807, 2.05) is 0 Å². The van der Waals surface area contributed by atoms with Gasteiger partial charge in [0.2, 0.25) is 0 Å². The maximum absolute atomic E-state index is 10.9. The summed E-state index contributed by atoms with van der Waals surface area (Å²) in [4.78, 5) is 20.8. The monoisotopic (exact) mass is 275 g/mol. The fourth-order valence-electron chi connectivity index (χ4n) is 1.85. The van der Waals surface area contributed by atoms with Crippen molar-refractivity contribution in [3.8, 4) is 0 Å². The van der Waals surface area contributed by atoms with E-state index in [4.69, 9.17) is 28.3 Å². The Morgan fingerprint density at radius 3 is 2.24 bits per heavy atom. The number of aliphatic carboxylic acids is 1. The molecule has 1 N–H and O–H groups in total. The Balaban J connectivity index is 2.26. The number of nitrogens with zero attached hydrogens (tertiary/aromatic N) is 1. The van der Waals surface area contributed by atoms with E-state index in [-0.39, 0.29) is 5.69 Å². The SMILES string of the molecule is O=C(O)[C@H]1C(c2ccc([N+](=O)[O-])cc2)C1(Cl)Cl. The van der Waals surface area contributed by atoms with Crippen LogP contribution >= 0.6 is 23.2 Å². The van der Waals surface area contributed by atoms with E-state index in [0.717, 1.165) is 0 Å². The zero-order valence-electron chi connectivity index (χ0n) is 8.34. The first-order valence-electron chi connectivity index (χ1n) is 4.70. The van der Waals surface area contributed by atoms with E-state index in [1.54, 1.807) is 0 Å². The number of hydrogen-bond acceptors (Lipinski definition) is 3. The van der Waals surface area contributed by atoms with Crippen LogP contribution in [0.1, 0.15) is 11.5 Å². The first-order chi connectivity index (χ1) is 7.85. The Bertz CT molecular complexity index is 486. The van der Waals surface area contributed by atoms with E-state index in [0.29, 0.717) is 5.56 Å². The van der Waals surface area contributed by atoms with Gasteiger partial charge in [0.1, 0.15) is 4.33 Å². The lowest BCUT2D eigenvalue weighted by atomic mass is 10.1. The minimum Gasteiger partial charge on any atom is -0.481 e. The highest BCUT2D eigenvalue weighted by Gasteiger charge is 2.68. The number of carboxylic acids is 1. The predicted molar refractivity (Wildman–Crippen MR) is 61.4 cm³/mol. The molecule has 0 heterocycles. The normalized spacial score (nSPS) is 25.3. The van der Waals surface area contributed by atoms with Gasteiger partial charge < -0.3 is 5.11 Å². The maximum Gasteiger partial charge on any atom is 0.310 e. The Morgan fingerprint density at radius 2 is 1.88 bits per heavy atom. The van der Waals surface area contributed by atoms with Gasteiger partial charge in [-0.25, -0.2) is 0 Å². The van der Waals surface area contributed by atoms with Gasteiger partial charge in [-0.2, -0.15) is 0 Å². The molecule has 1 aliphatic carbocycles. The fourth-order valence-corrected chi connectivity index (χ4v) is 2.67. The Morgan fingerprint density at radius 1 is 1.35 bits per heavy atom. The molecule has 0 aromatic heterocycles. The number of halogens is 2. The van der Waals surface area contributed by atoms with Crippen LogP contribution in [0, 0.1) is 16.0 Å². The molecule has 5 nitrogen and oxygen atoms in total. The Hall–Kier alpha value is -1.33. The van der Waals surface area contributed by atoms with E-state index >= 15 is 0 Å². The standard InChI is InChI=1S/C10H7Cl2NO4/c11-10(12)7(8(10)9(14)15)5-1-3-6(4-2-5)13(16)17/h1-4,7-8H,(H,14,15)/t7?,8-/m1/s1. The summed E-state index contributed by atoms with van der Waals surface area (Å²) in [5.74, 6) is -2.46. The summed E-state index contributed by atoms with van der Waals surface area (Å²) in [7, 11) is 0. The molecule has 0 amide bonds. The van der Waals surface area contributed by atoms with Gasteiger partial charge >= 0.3 is 5.97 Å². The largest absolute Gasteiger partial charge is 0.481 e. The Kier molecular flexibility index (Phi) is 2.75. The van der Waals surface area contributed by atoms with Gasteiger partial charge in [-0.05, 0) is 5.56 Å². The number of carboxylic acid groups (broad SMARTS) is 1. The van der Waals surface area contributed by atoms with Crippen molar-refractivity contribution >= 4 is 34.9 Å². The van der Waals surface area contributed by atoms with E-state index < -0.39 is 27.1 Å². The lowest BCUT2D eigenvalue weighted by molar-refractivity contribution is -0.384. The van der Waals surface area contributed by atoms with Gasteiger partial charge in [0.15, 0.2) is 0 Å². The highest BCUT2D eigenvalue weighted by Crippen LogP contribution is 2.64. The first-order valence-corrected chi connectivity index (χ1v) is 5.46. The molecule has 1 fully saturated rings. The van der Waals surface area contributed by atoms with Gasteiger partial charge in [-0.3, -0.25) is 14.9 Å². The van der Waals surface area contributed by atoms with E-state index in [9.17, 15) is 14.9 Å². The smallest absolute Gasteiger partial charge is 0.310 e. The van der Waals surface area contributed by atoms with Crippen LogP contribution < -0.4 is 0 Å². The summed E-state index contributed by atoms with van der Waals surface area (Å²) in [6.45, 7) is 0. The van der Waals surface area contributed by atoms with Crippen molar-refractivity contribution in [1.29, 1.82) is 0 Å². The number of rotatable bonds is 3. The molecule has 0 bridgehead atoms. The van der Waals surface area contributed by atoms with Crippen molar-refractivity contribution in [3.05, 3.63) is 39.9 Å². The van der Waals surface area contributed by atoms with Crippen LogP contribution in [0.3, 0.4) is 0 Å². The molecule has 1 saturated carbocycles. The lowest BCUT2D eigenvalue weighted by Crippen LogP contribution is -2.03. The molecule has 90 valence electrons. The molecule has 1 aromatic carbocycles. The highest BCUT2D eigenvalue weighted by molar-refractivity contribution is 6.53. The van der Waals surface area contributed by atoms with Gasteiger partial charge in [0.05, 0.1) is 10.8 Å². The second kappa shape index (κ2) is 3.85. The maximum atomic E-state index is 10.9. The van der Waals surface area contributed by atoms with Crippen LogP contribution in [0.4, 0.5) is 5.69 Å². The third-order valence-corrected chi connectivity index (χ3v) is 3.72. The molecule has 0 spiro atoms. The van der Waals surface area contributed by atoms with Crippen LogP contribution in [0.2, 0.25) is 0 Å². The van der Waals surface area contributed by atoms with E-state index in [2.05, 4.69) is 0 Å². The number of benzene rings is 1. The number of nitro benzene ring substituents is 1. The zero-order valence-corrected chi connectivity index (χ0v) is 9.85. The molecule has 1 aliphatic rings. The molecule has 0 radical (unpaired) electrons. The number of hydrogen-bond donors (Lipinski definition) is 1. The first kappa shape index (κ1) is 12.1. The molecule has 1 unspecified atom stereocenters. The van der Waals surface area contributed by atoms with Gasteiger partial charge in [-0.15, -0.1) is 0 Å². The van der Waals surface area contributed by atoms with Gasteiger partial charge in [0, 0.05) is 18.1 Å². The molecular formula is C10H7Cl2NO4. The lowest BCUT2D eigenvalue weighted by Gasteiger charge is -1.99. The number of alkyl halides is 2. The van der Waals surface area contributed by atoms with E-state index in [1.165, 1.54) is 24.3 Å². The number of nitro groups is 1. The Labute approximate surface area is 106 Å². The average Bonchev–Trinajstić information content (AvgIpc) is 2.82. The third kappa shape index (κ3) is 1.96. The molecular weight excluding hydrogens is 269 g/mol. The van der Waals surface area contributed by atoms with Crippen molar-refractivity contribution in [2.45, 2.75) is 10.3 Å². The van der Waals surface area contributed by atoms with Crippen molar-refractivity contribution in [3.63, 3.8) is 0 Å². The zero-order chi connectivity index (χ0) is 12.8. The molecule has 2 rings (SSSR count). The van der Waals surface area contributed by atoms with Crippen molar-refractivity contribution in [2.24, 2.45) is 5.92 Å². The molecule has 0 aliphatic heterocycles. The summed E-state index contributed by atoms with van der Waals surface area (Å²) in [5, 5.41) is 19.3. The molecule has 2 atom stereocenters. The van der Waals surface area contributed by atoms with Crippen molar-refractivity contribution < 1.29 is 14.8 Å². The summed E-state index contributed by atoms with van der Waals surface area (Å²) in [5.41, 5.74) is 0.531. The topological polar surface area (TPSA) is 80.4 Å². The van der Waals surface area contributed by atoms with Crippen LogP contribution in [-0.2, 0) is 4.79 Å². The third-order valence-electron chi connectivity index (χ3n) is 2.78. The summed E-state index contributed by atoms with van der Waals surface area (Å²) in [6.07, 6.45) is 0. The summed E-state index contributed by atoms with van der Waals surface area (Å²) in [6, 6.07) is 5.56. The minimum absolute atomic E-state index is 0.0592. The number of non-ortho nitro benzene ring substituents is 1. The van der Waals surface area contributed by atoms with Crippen LogP contribution in [-0.4, -0.2) is 20.3 Å². The van der Waals surface area contributed by atoms with Gasteiger partial charge in [-0.1, -0.05) is 35.3 Å². The van der Waals surface area contributed by atoms with Crippen molar-refractivity contribution in [1.82, 2.24) is 0 Å². The number of carbonyl (C=O) groups is 1. The van der Waals surface area contributed by atoms with Crippen LogP contribution in [0.15, 0.2) is 24.3 Å². The summed E-state index contributed by atoms with van der Waals surface area (Å²) >= 11 is 11.7. The molecule has 0 saturated heterocycles. The van der Waals surface area contributed by atoms with Crippen molar-refractivity contribution in [2.75, 3.05) is 0 Å². The van der Waals surface area contributed by atoms with Crippen LogP contribution in [0.5, 0.6) is 0 Å². The predicted octanol–water partition coefficient (Wildman–Crippen LogP) is 2.57. The summed E-state index contributed by atoms with van der Waals surface area (Å²) < 4.78 is -1.33. The van der Waals surface area contributed by atoms with Crippen LogP contribution in [0.25, 0.3) is 0 Å². The van der Waals surface area contributed by atoms with Gasteiger partial charge in [0.25, 0.3) is 5.69 Å². The second-order valence-corrected chi connectivity index (χ2v) is 5.26. The quantitative estimate of drug-likeness (QED) is 0.522. The average molecular weight is 276 g/mol. The molecule has 7 heteroatoms. The fraction of sp³-hybridized carbons (Fsp3) is 0.300. The molecule has 17 heavy (non-hydrogen) atoms. The second-order valence-electron chi connectivity index (χ2n) is 3.82. The minimum atomic E-state index is -1.33. The molecule has 1 aromatic rings.